The molecule has 0 spiro atoms. The van der Waals surface area contributed by atoms with Crippen molar-refractivity contribution in [1.82, 2.24) is 0 Å². The van der Waals surface area contributed by atoms with E-state index in [-0.39, 0.29) is 11.9 Å². The molecule has 0 aliphatic carbocycles. The Morgan fingerprint density at radius 2 is 2.10 bits per heavy atom. The van der Waals surface area contributed by atoms with Gasteiger partial charge in [0.2, 0.25) is 0 Å². The lowest BCUT2D eigenvalue weighted by molar-refractivity contribution is 0.0980. The fourth-order valence-corrected chi connectivity index (χ4v) is 3.34. The van der Waals surface area contributed by atoms with Crippen molar-refractivity contribution in [3.63, 3.8) is 0 Å². The second-order valence-electron chi connectivity index (χ2n) is 5.24. The number of benzene rings is 2. The Labute approximate surface area is 136 Å². The summed E-state index contributed by atoms with van der Waals surface area (Å²) < 4.78 is 0.744. The zero-order valence-corrected chi connectivity index (χ0v) is 13.8. The quantitative estimate of drug-likeness (QED) is 0.767. The highest BCUT2D eigenvalue weighted by Gasteiger charge is 2.32. The van der Waals surface area contributed by atoms with E-state index >= 15 is 0 Å². The molecule has 2 N–H and O–H groups in total. The van der Waals surface area contributed by atoms with Gasteiger partial charge in [0, 0.05) is 26.9 Å². The van der Waals surface area contributed by atoms with Crippen LogP contribution in [0.25, 0.3) is 0 Å². The number of rotatable bonds is 1. The molecule has 3 nitrogen and oxygen atoms in total. The first-order valence-electron chi connectivity index (χ1n) is 6.64. The van der Waals surface area contributed by atoms with E-state index in [2.05, 4.69) is 15.9 Å². The van der Waals surface area contributed by atoms with Crippen LogP contribution in [0.1, 0.15) is 22.8 Å². The maximum atomic E-state index is 12.9. The van der Waals surface area contributed by atoms with Gasteiger partial charge in [0.05, 0.1) is 5.56 Å². The Hall–Kier alpha value is -1.52. The molecule has 1 atom stereocenters. The van der Waals surface area contributed by atoms with Crippen LogP contribution in [0.15, 0.2) is 40.9 Å². The maximum absolute atomic E-state index is 12.9. The van der Waals surface area contributed by atoms with E-state index in [1.165, 1.54) is 0 Å². The van der Waals surface area contributed by atoms with Gasteiger partial charge in [-0.25, -0.2) is 0 Å². The second-order valence-corrected chi connectivity index (χ2v) is 6.53. The van der Waals surface area contributed by atoms with Crippen molar-refractivity contribution >= 4 is 44.8 Å². The largest absolute Gasteiger partial charge is 0.399 e. The van der Waals surface area contributed by atoms with Crippen molar-refractivity contribution in [2.45, 2.75) is 19.4 Å². The molecule has 0 radical (unpaired) electrons. The number of carbonyl (C=O) groups is 1. The van der Waals surface area contributed by atoms with Gasteiger partial charge in [-0.1, -0.05) is 11.6 Å². The number of amides is 1. The van der Waals surface area contributed by atoms with Crippen molar-refractivity contribution in [3.8, 4) is 0 Å². The predicted octanol–water partition coefficient (Wildman–Crippen LogP) is 4.28. The Morgan fingerprint density at radius 1 is 1.33 bits per heavy atom. The van der Waals surface area contributed by atoms with E-state index in [1.54, 1.807) is 18.2 Å². The number of hydrogen-bond donors (Lipinski definition) is 1. The fraction of sp³-hybridized carbons (Fsp3) is 0.188. The molecule has 108 valence electrons. The number of anilines is 2. The van der Waals surface area contributed by atoms with Crippen LogP contribution in [0.2, 0.25) is 5.02 Å². The molecule has 0 fully saturated rings. The highest BCUT2D eigenvalue weighted by Crippen LogP contribution is 2.35. The summed E-state index contributed by atoms with van der Waals surface area (Å²) in [6.07, 6.45) is 0.810. The predicted molar refractivity (Wildman–Crippen MR) is 90.0 cm³/mol. The van der Waals surface area contributed by atoms with Crippen LogP contribution >= 0.6 is 27.5 Å². The molecule has 1 aliphatic heterocycles. The maximum Gasteiger partial charge on any atom is 0.259 e. The zero-order chi connectivity index (χ0) is 15.1. The highest BCUT2D eigenvalue weighted by molar-refractivity contribution is 9.10. The Bertz CT molecular complexity index is 732. The second kappa shape index (κ2) is 5.35. The molecule has 2 aromatic carbocycles. The lowest BCUT2D eigenvalue weighted by Crippen LogP contribution is -2.35. The number of nitrogens with zero attached hydrogens (tertiary/aromatic N) is 1. The molecule has 1 amide bonds. The van der Waals surface area contributed by atoms with Gasteiger partial charge < -0.3 is 10.6 Å². The van der Waals surface area contributed by atoms with E-state index in [4.69, 9.17) is 17.3 Å². The zero-order valence-electron chi connectivity index (χ0n) is 11.4. The van der Waals surface area contributed by atoms with Crippen molar-refractivity contribution in [2.75, 3.05) is 10.6 Å². The topological polar surface area (TPSA) is 46.3 Å². The summed E-state index contributed by atoms with van der Waals surface area (Å²) >= 11 is 9.44. The van der Waals surface area contributed by atoms with Gasteiger partial charge >= 0.3 is 0 Å². The number of halogens is 2. The molecular weight excluding hydrogens is 352 g/mol. The van der Waals surface area contributed by atoms with Crippen LogP contribution in [-0.4, -0.2) is 11.9 Å². The molecular formula is C16H14BrClN2O. The van der Waals surface area contributed by atoms with E-state index in [0.717, 1.165) is 27.8 Å². The number of carbonyl (C=O) groups excluding carboxylic acids is 1. The van der Waals surface area contributed by atoms with Crippen LogP contribution in [-0.2, 0) is 6.42 Å². The Morgan fingerprint density at radius 3 is 2.86 bits per heavy atom. The normalized spacial score (nSPS) is 16.9. The average Bonchev–Trinajstić information content (AvgIpc) is 2.75. The third kappa shape index (κ3) is 2.54. The van der Waals surface area contributed by atoms with Gasteiger partial charge in [-0.15, -0.1) is 0 Å². The summed E-state index contributed by atoms with van der Waals surface area (Å²) in [7, 11) is 0. The van der Waals surface area contributed by atoms with Gasteiger partial charge in [0.1, 0.15) is 0 Å². The number of nitrogens with two attached hydrogens (primary N) is 1. The first-order valence-corrected chi connectivity index (χ1v) is 7.81. The molecule has 2 aromatic rings. The van der Waals surface area contributed by atoms with Gasteiger partial charge in [0.15, 0.2) is 0 Å². The van der Waals surface area contributed by atoms with Crippen molar-refractivity contribution in [1.29, 1.82) is 0 Å². The minimum absolute atomic E-state index is 0.0552. The van der Waals surface area contributed by atoms with Crippen LogP contribution in [0, 0.1) is 0 Å². The summed E-state index contributed by atoms with van der Waals surface area (Å²) in [4.78, 5) is 14.7. The molecule has 0 saturated carbocycles. The van der Waals surface area contributed by atoms with Crippen LogP contribution in [0.4, 0.5) is 11.4 Å². The van der Waals surface area contributed by atoms with Gasteiger partial charge in [0.25, 0.3) is 5.91 Å². The molecule has 1 heterocycles. The molecule has 0 aromatic heterocycles. The van der Waals surface area contributed by atoms with Gasteiger partial charge in [-0.05, 0) is 71.2 Å². The first-order chi connectivity index (χ1) is 9.97. The minimum atomic E-state index is -0.0552. The van der Waals surface area contributed by atoms with E-state index in [1.807, 2.05) is 30.0 Å². The van der Waals surface area contributed by atoms with Crippen molar-refractivity contribution < 1.29 is 4.79 Å². The van der Waals surface area contributed by atoms with Gasteiger partial charge in [-0.2, -0.15) is 0 Å². The van der Waals surface area contributed by atoms with Crippen LogP contribution < -0.4 is 10.6 Å². The van der Waals surface area contributed by atoms with Crippen molar-refractivity contribution in [3.05, 3.63) is 57.0 Å². The van der Waals surface area contributed by atoms with Crippen LogP contribution in [0.3, 0.4) is 0 Å². The summed E-state index contributed by atoms with van der Waals surface area (Å²) in [5, 5.41) is 0.547. The summed E-state index contributed by atoms with van der Waals surface area (Å²) in [6, 6.07) is 11.0. The molecule has 0 saturated heterocycles. The number of fused-ring (bicyclic) bond motifs is 1. The Kier molecular flexibility index (Phi) is 3.68. The van der Waals surface area contributed by atoms with E-state index in [0.29, 0.717) is 10.6 Å². The molecule has 1 aliphatic rings. The SMILES string of the molecule is CC1Cc2cc(N)ccc2N1C(=O)c1cc(Cl)ccc1Br. The lowest BCUT2D eigenvalue weighted by atomic mass is 10.1. The Balaban J connectivity index is 2.05. The number of hydrogen-bond acceptors (Lipinski definition) is 2. The monoisotopic (exact) mass is 364 g/mol. The minimum Gasteiger partial charge on any atom is -0.399 e. The molecule has 3 rings (SSSR count). The molecule has 21 heavy (non-hydrogen) atoms. The van der Waals surface area contributed by atoms with Crippen molar-refractivity contribution in [2.24, 2.45) is 0 Å². The van der Waals surface area contributed by atoms with E-state index in [9.17, 15) is 4.79 Å². The van der Waals surface area contributed by atoms with Gasteiger partial charge in [-0.3, -0.25) is 4.79 Å². The smallest absolute Gasteiger partial charge is 0.259 e. The number of nitrogen functional groups attached to an aromatic ring is 1. The van der Waals surface area contributed by atoms with E-state index < -0.39 is 0 Å². The fourth-order valence-electron chi connectivity index (χ4n) is 2.75. The molecule has 0 bridgehead atoms. The third-order valence-corrected chi connectivity index (χ3v) is 4.62. The molecule has 1 unspecified atom stereocenters. The molecule has 5 heteroatoms. The summed E-state index contributed by atoms with van der Waals surface area (Å²) in [5.74, 6) is -0.0552. The van der Waals surface area contributed by atoms with Crippen LogP contribution in [0.5, 0.6) is 0 Å². The standard InChI is InChI=1S/C16H14BrClN2O/c1-9-6-10-7-12(19)3-5-15(10)20(9)16(21)13-8-11(18)2-4-14(13)17/h2-5,7-9H,6,19H2,1H3. The average molecular weight is 366 g/mol. The summed E-state index contributed by atoms with van der Waals surface area (Å²) in [5.41, 5.74) is 9.14. The highest BCUT2D eigenvalue weighted by atomic mass is 79.9. The first kappa shape index (κ1) is 14.4. The lowest BCUT2D eigenvalue weighted by Gasteiger charge is -2.23. The third-order valence-electron chi connectivity index (χ3n) is 3.70. The summed E-state index contributed by atoms with van der Waals surface area (Å²) in [6.45, 7) is 2.03.